The number of rotatable bonds is 3. The first kappa shape index (κ1) is 15.0. The molecule has 3 unspecified atom stereocenters. The third-order valence-corrected chi connectivity index (χ3v) is 4.76. The first-order valence-electron chi connectivity index (χ1n) is 6.38. The van der Waals surface area contributed by atoms with Crippen molar-refractivity contribution >= 4 is 16.8 Å². The summed E-state index contributed by atoms with van der Waals surface area (Å²) in [6.07, 6.45) is 0. The summed E-state index contributed by atoms with van der Waals surface area (Å²) in [6.45, 7) is 1.99. The van der Waals surface area contributed by atoms with Crippen LogP contribution in [0.15, 0.2) is 18.2 Å². The summed E-state index contributed by atoms with van der Waals surface area (Å²) in [5.74, 6) is 1.11. The molecule has 20 heavy (non-hydrogen) atoms. The van der Waals surface area contributed by atoms with E-state index in [1.165, 1.54) is 7.11 Å². The number of nitrogens with one attached hydrogen (secondary N) is 1. The quantitative estimate of drug-likeness (QED) is 0.841. The van der Waals surface area contributed by atoms with Gasteiger partial charge in [-0.2, -0.15) is 0 Å². The van der Waals surface area contributed by atoms with Crippen LogP contribution in [-0.2, 0) is 20.3 Å². The summed E-state index contributed by atoms with van der Waals surface area (Å²) in [7, 11) is 1.88. The Morgan fingerprint density at radius 1 is 1.35 bits per heavy atom. The number of carbonyl (C=O) groups is 1. The highest BCUT2D eigenvalue weighted by molar-refractivity contribution is 7.85. The number of ether oxygens (including phenoxy) is 2. The third-order valence-electron chi connectivity index (χ3n) is 3.35. The Kier molecular flexibility index (Phi) is 4.77. The summed E-state index contributed by atoms with van der Waals surface area (Å²) in [4.78, 5) is 11.7. The third kappa shape index (κ3) is 3.19. The molecule has 2 rings (SSSR count). The van der Waals surface area contributed by atoms with Gasteiger partial charge >= 0.3 is 5.97 Å². The zero-order chi connectivity index (χ0) is 14.7. The van der Waals surface area contributed by atoms with Crippen LogP contribution in [0.5, 0.6) is 5.75 Å². The van der Waals surface area contributed by atoms with Crippen LogP contribution in [0.2, 0.25) is 0 Å². The number of hydrogen-bond acceptors (Lipinski definition) is 5. The van der Waals surface area contributed by atoms with E-state index >= 15 is 0 Å². The Balaban J connectivity index is 2.29. The molecule has 1 aromatic rings. The molecule has 5 nitrogen and oxygen atoms in total. The zero-order valence-corrected chi connectivity index (χ0v) is 12.7. The molecule has 1 heterocycles. The van der Waals surface area contributed by atoms with Crippen molar-refractivity contribution < 1.29 is 18.5 Å². The molecule has 0 spiro atoms. The monoisotopic (exact) mass is 297 g/mol. The van der Waals surface area contributed by atoms with E-state index in [4.69, 9.17) is 9.47 Å². The molecule has 1 aliphatic heterocycles. The van der Waals surface area contributed by atoms with Gasteiger partial charge in [-0.1, -0.05) is 17.7 Å². The average Bonchev–Trinajstić information content (AvgIpc) is 2.45. The fourth-order valence-electron chi connectivity index (χ4n) is 2.36. The molecule has 6 heteroatoms. The molecular formula is C14H19NO4S. The first-order valence-corrected chi connectivity index (χ1v) is 7.87. The van der Waals surface area contributed by atoms with Crippen molar-refractivity contribution in [3.8, 4) is 5.75 Å². The van der Waals surface area contributed by atoms with Gasteiger partial charge in [0.15, 0.2) is 0 Å². The van der Waals surface area contributed by atoms with Crippen molar-refractivity contribution in [3.05, 3.63) is 29.3 Å². The van der Waals surface area contributed by atoms with Gasteiger partial charge in [-0.25, -0.2) is 0 Å². The maximum Gasteiger partial charge on any atom is 0.323 e. The molecule has 3 atom stereocenters. The molecule has 1 N–H and O–H groups in total. The van der Waals surface area contributed by atoms with Crippen LogP contribution < -0.4 is 10.1 Å². The second-order valence-corrected chi connectivity index (χ2v) is 6.36. The summed E-state index contributed by atoms with van der Waals surface area (Å²) >= 11 is 0. The van der Waals surface area contributed by atoms with Gasteiger partial charge in [-0.15, -0.1) is 0 Å². The van der Waals surface area contributed by atoms with Gasteiger partial charge in [0.2, 0.25) is 0 Å². The van der Waals surface area contributed by atoms with Gasteiger partial charge < -0.3 is 9.47 Å². The van der Waals surface area contributed by atoms with Gasteiger partial charge in [-0.05, 0) is 13.0 Å². The Bertz CT molecular complexity index is 532. The van der Waals surface area contributed by atoms with Crippen molar-refractivity contribution in [1.29, 1.82) is 0 Å². The lowest BCUT2D eigenvalue weighted by molar-refractivity contribution is -0.142. The highest BCUT2D eigenvalue weighted by Gasteiger charge is 2.33. The molecule has 0 radical (unpaired) electrons. The average molecular weight is 297 g/mol. The number of esters is 1. The summed E-state index contributed by atoms with van der Waals surface area (Å²) in [5.41, 5.74) is 2.02. The Morgan fingerprint density at radius 3 is 2.75 bits per heavy atom. The van der Waals surface area contributed by atoms with E-state index in [1.54, 1.807) is 7.11 Å². The van der Waals surface area contributed by atoms with Crippen LogP contribution in [0.4, 0.5) is 0 Å². The minimum atomic E-state index is -1.06. The normalized spacial score (nSPS) is 26.1. The molecule has 1 aromatic carbocycles. The van der Waals surface area contributed by atoms with E-state index < -0.39 is 16.8 Å². The fourth-order valence-corrected chi connectivity index (χ4v) is 3.75. The highest BCUT2D eigenvalue weighted by Crippen LogP contribution is 2.29. The number of aryl methyl sites for hydroxylation is 1. The first-order chi connectivity index (χ1) is 9.55. The smallest absolute Gasteiger partial charge is 0.323 e. The Morgan fingerprint density at radius 2 is 2.10 bits per heavy atom. The molecular weight excluding hydrogens is 278 g/mol. The molecule has 0 aliphatic carbocycles. The topological polar surface area (TPSA) is 64.6 Å². The predicted molar refractivity (Wildman–Crippen MR) is 77.3 cm³/mol. The number of carbonyl (C=O) groups excluding carboxylic acids is 1. The zero-order valence-electron chi connectivity index (χ0n) is 11.8. The summed E-state index contributed by atoms with van der Waals surface area (Å²) in [5, 5.41) is 3.21. The van der Waals surface area contributed by atoms with E-state index in [0.717, 1.165) is 16.9 Å². The fraction of sp³-hybridized carbons (Fsp3) is 0.500. The van der Waals surface area contributed by atoms with Crippen LogP contribution in [0, 0.1) is 6.92 Å². The van der Waals surface area contributed by atoms with Crippen LogP contribution in [0.3, 0.4) is 0 Å². The van der Waals surface area contributed by atoms with Crippen molar-refractivity contribution in [2.24, 2.45) is 0 Å². The predicted octanol–water partition coefficient (Wildman–Crippen LogP) is 0.938. The van der Waals surface area contributed by atoms with Gasteiger partial charge in [0.25, 0.3) is 0 Å². The molecule has 1 aliphatic rings. The van der Waals surface area contributed by atoms with E-state index in [1.807, 2.05) is 25.1 Å². The molecule has 0 saturated carbocycles. The van der Waals surface area contributed by atoms with Crippen LogP contribution in [0.1, 0.15) is 17.2 Å². The number of methoxy groups -OCH3 is 2. The van der Waals surface area contributed by atoms with Crippen molar-refractivity contribution in [3.63, 3.8) is 0 Å². The van der Waals surface area contributed by atoms with Crippen LogP contribution in [0.25, 0.3) is 0 Å². The number of benzene rings is 1. The number of hydrogen-bond donors (Lipinski definition) is 1. The maximum absolute atomic E-state index is 12.0. The standard InChI is InChI=1S/C14H19NO4S/c1-9-4-5-13(18-2)10(6-9)11-7-20(17)8-12(15-11)14(16)19-3/h4-6,11-12,15H,7-8H2,1-3H3. The maximum atomic E-state index is 12.0. The molecule has 0 bridgehead atoms. The van der Waals surface area contributed by atoms with Gasteiger partial charge in [0, 0.05) is 33.9 Å². The summed E-state index contributed by atoms with van der Waals surface area (Å²) in [6, 6.07) is 5.12. The van der Waals surface area contributed by atoms with Crippen molar-refractivity contribution in [2.45, 2.75) is 19.0 Å². The molecule has 1 saturated heterocycles. The molecule has 0 aromatic heterocycles. The SMILES string of the molecule is COC(=O)C1CS(=O)CC(c2cc(C)ccc2OC)N1. The van der Waals surface area contributed by atoms with Gasteiger partial charge in [0.1, 0.15) is 11.8 Å². The van der Waals surface area contributed by atoms with Gasteiger partial charge in [0.05, 0.1) is 14.2 Å². The van der Waals surface area contributed by atoms with Gasteiger partial charge in [-0.3, -0.25) is 14.3 Å². The molecule has 0 amide bonds. The molecule has 1 fully saturated rings. The van der Waals surface area contributed by atoms with E-state index in [9.17, 15) is 9.00 Å². The summed E-state index contributed by atoms with van der Waals surface area (Å²) < 4.78 is 22.1. The Labute approximate surface area is 121 Å². The second-order valence-electron chi connectivity index (χ2n) is 4.81. The lowest BCUT2D eigenvalue weighted by Gasteiger charge is -2.30. The minimum absolute atomic E-state index is 0.177. The van der Waals surface area contributed by atoms with E-state index in [2.05, 4.69) is 5.32 Å². The lowest BCUT2D eigenvalue weighted by Crippen LogP contribution is -2.49. The second kappa shape index (κ2) is 6.37. The van der Waals surface area contributed by atoms with Crippen molar-refractivity contribution in [1.82, 2.24) is 5.32 Å². The Hall–Kier alpha value is -1.40. The van der Waals surface area contributed by atoms with E-state index in [0.29, 0.717) is 5.75 Å². The van der Waals surface area contributed by atoms with Crippen LogP contribution in [-0.4, -0.2) is 41.9 Å². The molecule has 110 valence electrons. The van der Waals surface area contributed by atoms with Crippen LogP contribution >= 0.6 is 0 Å². The van der Waals surface area contributed by atoms with E-state index in [-0.39, 0.29) is 17.8 Å². The largest absolute Gasteiger partial charge is 0.496 e. The lowest BCUT2D eigenvalue weighted by atomic mass is 10.0. The highest BCUT2D eigenvalue weighted by atomic mass is 32.2. The van der Waals surface area contributed by atoms with Crippen molar-refractivity contribution in [2.75, 3.05) is 25.7 Å². The minimum Gasteiger partial charge on any atom is -0.496 e.